The molecule has 0 unspecified atom stereocenters. The minimum atomic E-state index is -0.407. The third kappa shape index (κ3) is 4.41. The van der Waals surface area contributed by atoms with Crippen LogP contribution in [0, 0.1) is 19.7 Å². The second kappa shape index (κ2) is 8.06. The van der Waals surface area contributed by atoms with Crippen LogP contribution in [0.2, 0.25) is 0 Å². The van der Waals surface area contributed by atoms with E-state index < -0.39 is 5.82 Å². The number of rotatable bonds is 6. The van der Waals surface area contributed by atoms with Crippen LogP contribution in [0.5, 0.6) is 0 Å². The van der Waals surface area contributed by atoms with Gasteiger partial charge in [0.2, 0.25) is 0 Å². The van der Waals surface area contributed by atoms with Gasteiger partial charge in [-0.3, -0.25) is 9.59 Å². The number of hydrogen-bond donors (Lipinski definition) is 2. The molecule has 2 aromatic rings. The van der Waals surface area contributed by atoms with Crippen LogP contribution in [0.4, 0.5) is 4.39 Å². The van der Waals surface area contributed by atoms with Crippen LogP contribution >= 0.6 is 11.3 Å². The quantitative estimate of drug-likeness (QED) is 0.788. The van der Waals surface area contributed by atoms with E-state index in [1.165, 1.54) is 23.0 Å². The van der Waals surface area contributed by atoms with Gasteiger partial charge in [0.15, 0.2) is 0 Å². The van der Waals surface area contributed by atoms with Gasteiger partial charge in [-0.25, -0.2) is 4.39 Å². The number of benzene rings is 1. The zero-order valence-electron chi connectivity index (χ0n) is 14.0. The number of amides is 2. The van der Waals surface area contributed by atoms with E-state index in [2.05, 4.69) is 17.6 Å². The second-order valence-electron chi connectivity index (χ2n) is 5.52. The van der Waals surface area contributed by atoms with Crippen LogP contribution in [-0.2, 0) is 6.42 Å². The molecule has 0 spiro atoms. The molecule has 128 valence electrons. The van der Waals surface area contributed by atoms with Gasteiger partial charge in [0.25, 0.3) is 11.8 Å². The van der Waals surface area contributed by atoms with Crippen molar-refractivity contribution >= 4 is 23.2 Å². The molecule has 1 heterocycles. The number of aryl methyl sites for hydroxylation is 3. The summed E-state index contributed by atoms with van der Waals surface area (Å²) in [6, 6.07) is 6.26. The first-order valence-corrected chi connectivity index (χ1v) is 8.66. The predicted octanol–water partition coefficient (Wildman–Crippen LogP) is 3.23. The summed E-state index contributed by atoms with van der Waals surface area (Å²) < 4.78 is 13.4. The van der Waals surface area contributed by atoms with Crippen LogP contribution in [0.15, 0.2) is 24.3 Å². The highest BCUT2D eigenvalue weighted by Crippen LogP contribution is 2.21. The standard InChI is InChI=1S/C18H21FN2O2S/c1-4-13-10-16(24-12(13)3)18(23)21-8-7-20-17(22)14-6-5-11(2)15(19)9-14/h5-6,9-10H,4,7-8H2,1-3H3,(H,20,22)(H,21,23). The summed E-state index contributed by atoms with van der Waals surface area (Å²) in [5.74, 6) is -0.905. The van der Waals surface area contributed by atoms with E-state index in [-0.39, 0.29) is 23.9 Å². The summed E-state index contributed by atoms with van der Waals surface area (Å²) in [5, 5.41) is 5.44. The highest BCUT2D eigenvalue weighted by Gasteiger charge is 2.11. The fraction of sp³-hybridized carbons (Fsp3) is 0.333. The molecule has 0 fully saturated rings. The van der Waals surface area contributed by atoms with E-state index in [0.717, 1.165) is 11.3 Å². The summed E-state index contributed by atoms with van der Waals surface area (Å²) in [5.41, 5.74) is 1.95. The van der Waals surface area contributed by atoms with Gasteiger partial charge in [-0.2, -0.15) is 0 Å². The molecule has 0 aliphatic carbocycles. The van der Waals surface area contributed by atoms with Crippen LogP contribution in [-0.4, -0.2) is 24.9 Å². The summed E-state index contributed by atoms with van der Waals surface area (Å²) in [6.07, 6.45) is 0.902. The Balaban J connectivity index is 1.80. The Kier molecular flexibility index (Phi) is 6.09. The summed E-state index contributed by atoms with van der Waals surface area (Å²) in [4.78, 5) is 25.8. The lowest BCUT2D eigenvalue weighted by atomic mass is 10.1. The SMILES string of the molecule is CCc1cc(C(=O)NCCNC(=O)c2ccc(C)c(F)c2)sc1C. The molecular formula is C18H21FN2O2S. The van der Waals surface area contributed by atoms with Gasteiger partial charge in [-0.05, 0) is 49.6 Å². The topological polar surface area (TPSA) is 58.2 Å². The van der Waals surface area contributed by atoms with Crippen LogP contribution in [0.1, 0.15) is 43.0 Å². The lowest BCUT2D eigenvalue weighted by molar-refractivity contribution is 0.0929. The van der Waals surface area contributed by atoms with Gasteiger partial charge in [-0.15, -0.1) is 11.3 Å². The number of hydrogen-bond acceptors (Lipinski definition) is 3. The minimum Gasteiger partial charge on any atom is -0.350 e. The van der Waals surface area contributed by atoms with Gasteiger partial charge < -0.3 is 10.6 Å². The minimum absolute atomic E-state index is 0.140. The highest BCUT2D eigenvalue weighted by atomic mass is 32.1. The average Bonchev–Trinajstić information content (AvgIpc) is 2.94. The van der Waals surface area contributed by atoms with Crippen LogP contribution in [0.3, 0.4) is 0 Å². The molecule has 6 heteroatoms. The van der Waals surface area contributed by atoms with Gasteiger partial charge in [0.05, 0.1) is 4.88 Å². The Morgan fingerprint density at radius 3 is 2.33 bits per heavy atom. The summed E-state index contributed by atoms with van der Waals surface area (Å²) >= 11 is 1.47. The fourth-order valence-electron chi connectivity index (χ4n) is 2.26. The molecular weight excluding hydrogens is 327 g/mol. The zero-order chi connectivity index (χ0) is 17.7. The molecule has 0 radical (unpaired) electrons. The molecule has 2 N–H and O–H groups in total. The number of nitrogens with one attached hydrogen (secondary N) is 2. The molecule has 0 atom stereocenters. The number of carbonyl (C=O) groups is 2. The average molecular weight is 348 g/mol. The van der Waals surface area contributed by atoms with E-state index in [1.54, 1.807) is 19.1 Å². The van der Waals surface area contributed by atoms with E-state index in [1.807, 2.05) is 13.0 Å². The molecule has 0 bridgehead atoms. The van der Waals surface area contributed by atoms with Crippen molar-refractivity contribution in [2.45, 2.75) is 27.2 Å². The van der Waals surface area contributed by atoms with Gasteiger partial charge in [0.1, 0.15) is 5.82 Å². The summed E-state index contributed by atoms with van der Waals surface area (Å²) in [7, 11) is 0. The van der Waals surface area contributed by atoms with Crippen molar-refractivity contribution in [1.82, 2.24) is 10.6 Å². The smallest absolute Gasteiger partial charge is 0.261 e. The molecule has 1 aromatic heterocycles. The first-order chi connectivity index (χ1) is 11.4. The molecule has 1 aromatic carbocycles. The zero-order valence-corrected chi connectivity index (χ0v) is 14.8. The van der Waals surface area contributed by atoms with Crippen molar-refractivity contribution in [1.29, 1.82) is 0 Å². The Morgan fingerprint density at radius 2 is 1.75 bits per heavy atom. The Labute approximate surface area is 145 Å². The van der Waals surface area contributed by atoms with Crippen molar-refractivity contribution in [3.63, 3.8) is 0 Å². The van der Waals surface area contributed by atoms with Crippen molar-refractivity contribution in [2.24, 2.45) is 0 Å². The maximum Gasteiger partial charge on any atom is 0.261 e. The maximum atomic E-state index is 13.4. The molecule has 0 saturated carbocycles. The number of halogens is 1. The molecule has 4 nitrogen and oxygen atoms in total. The Bertz CT molecular complexity index is 755. The molecule has 0 aliphatic heterocycles. The van der Waals surface area contributed by atoms with Crippen molar-refractivity contribution < 1.29 is 14.0 Å². The monoisotopic (exact) mass is 348 g/mol. The molecule has 24 heavy (non-hydrogen) atoms. The Hall–Kier alpha value is -2.21. The third-order valence-electron chi connectivity index (χ3n) is 3.76. The van der Waals surface area contributed by atoms with Gasteiger partial charge >= 0.3 is 0 Å². The van der Waals surface area contributed by atoms with E-state index in [0.29, 0.717) is 17.0 Å². The largest absolute Gasteiger partial charge is 0.350 e. The lowest BCUT2D eigenvalue weighted by Crippen LogP contribution is -2.34. The second-order valence-corrected chi connectivity index (χ2v) is 6.78. The van der Waals surface area contributed by atoms with Crippen molar-refractivity contribution in [2.75, 3.05) is 13.1 Å². The normalized spacial score (nSPS) is 10.5. The van der Waals surface area contributed by atoms with Crippen molar-refractivity contribution in [3.05, 3.63) is 56.5 Å². The first-order valence-electron chi connectivity index (χ1n) is 7.84. The van der Waals surface area contributed by atoms with Crippen LogP contribution in [0.25, 0.3) is 0 Å². The van der Waals surface area contributed by atoms with E-state index in [9.17, 15) is 14.0 Å². The number of thiophene rings is 1. The number of carbonyl (C=O) groups excluding carboxylic acids is 2. The lowest BCUT2D eigenvalue weighted by Gasteiger charge is -2.07. The van der Waals surface area contributed by atoms with Gasteiger partial charge in [0, 0.05) is 23.5 Å². The fourth-order valence-corrected chi connectivity index (χ4v) is 3.29. The molecule has 0 saturated heterocycles. The van der Waals surface area contributed by atoms with E-state index in [4.69, 9.17) is 0 Å². The van der Waals surface area contributed by atoms with Crippen LogP contribution < -0.4 is 10.6 Å². The first kappa shape index (κ1) is 18.1. The molecule has 0 aliphatic rings. The van der Waals surface area contributed by atoms with Crippen molar-refractivity contribution in [3.8, 4) is 0 Å². The molecule has 2 rings (SSSR count). The van der Waals surface area contributed by atoms with Gasteiger partial charge in [-0.1, -0.05) is 13.0 Å². The third-order valence-corrected chi connectivity index (χ3v) is 4.85. The highest BCUT2D eigenvalue weighted by molar-refractivity contribution is 7.14. The predicted molar refractivity (Wildman–Crippen MR) is 94.2 cm³/mol. The van der Waals surface area contributed by atoms with E-state index >= 15 is 0 Å². The maximum absolute atomic E-state index is 13.4. The summed E-state index contributed by atoms with van der Waals surface area (Å²) in [6.45, 7) is 6.30. The molecule has 2 amide bonds. The Morgan fingerprint density at radius 1 is 1.08 bits per heavy atom.